The van der Waals surface area contributed by atoms with Crippen LogP contribution in [-0.4, -0.2) is 57.1 Å². The fraction of sp³-hybridized carbons (Fsp3) is 0.440. The minimum atomic E-state index is -3.58. The van der Waals surface area contributed by atoms with Gasteiger partial charge in [-0.2, -0.15) is 0 Å². The predicted octanol–water partition coefficient (Wildman–Crippen LogP) is 3.32. The lowest BCUT2D eigenvalue weighted by molar-refractivity contribution is -0.140. The standard InChI is InChI=1S/C25H34FN3O5S/c1-18(2)27-25(31)19(3)28(17-20-8-10-21(26)11-9-20)24(30)7-6-16-29(35(5,32)33)22-12-14-23(34-4)15-13-22/h8-15,18-19H,6-7,16-17H2,1-5H3,(H,27,31). The molecular weight excluding hydrogens is 473 g/mol. The van der Waals surface area contributed by atoms with Gasteiger partial charge in [0.05, 0.1) is 19.1 Å². The Morgan fingerprint density at radius 3 is 2.14 bits per heavy atom. The molecule has 35 heavy (non-hydrogen) atoms. The van der Waals surface area contributed by atoms with Crippen LogP contribution in [0.3, 0.4) is 0 Å². The van der Waals surface area contributed by atoms with Gasteiger partial charge in [-0.3, -0.25) is 13.9 Å². The van der Waals surface area contributed by atoms with Crippen molar-refractivity contribution in [3.63, 3.8) is 0 Å². The highest BCUT2D eigenvalue weighted by molar-refractivity contribution is 7.92. The number of nitrogens with one attached hydrogen (secondary N) is 1. The van der Waals surface area contributed by atoms with Gasteiger partial charge in [-0.05, 0) is 69.2 Å². The van der Waals surface area contributed by atoms with Crippen molar-refractivity contribution in [2.45, 2.75) is 52.2 Å². The zero-order valence-corrected chi connectivity index (χ0v) is 21.6. The quantitative estimate of drug-likeness (QED) is 0.476. The number of carbonyl (C=O) groups excluding carboxylic acids is 2. The number of hydrogen-bond donors (Lipinski definition) is 1. The zero-order valence-electron chi connectivity index (χ0n) is 20.8. The summed E-state index contributed by atoms with van der Waals surface area (Å²) in [4.78, 5) is 27.3. The summed E-state index contributed by atoms with van der Waals surface area (Å²) in [6.07, 6.45) is 1.39. The number of halogens is 1. The van der Waals surface area contributed by atoms with Crippen LogP contribution in [0.4, 0.5) is 10.1 Å². The van der Waals surface area contributed by atoms with Gasteiger partial charge in [-0.15, -0.1) is 0 Å². The van der Waals surface area contributed by atoms with Crippen LogP contribution in [0, 0.1) is 5.82 Å². The fourth-order valence-corrected chi connectivity index (χ4v) is 4.49. The van der Waals surface area contributed by atoms with Crippen LogP contribution in [0.25, 0.3) is 0 Å². The van der Waals surface area contributed by atoms with Gasteiger partial charge in [0, 0.05) is 25.6 Å². The molecule has 0 aliphatic carbocycles. The number of amides is 2. The van der Waals surface area contributed by atoms with E-state index in [0.717, 1.165) is 6.26 Å². The maximum absolute atomic E-state index is 13.3. The average molecular weight is 508 g/mol. The molecule has 2 amide bonds. The van der Waals surface area contributed by atoms with Gasteiger partial charge in [-0.1, -0.05) is 12.1 Å². The first-order chi connectivity index (χ1) is 16.4. The fourth-order valence-electron chi connectivity index (χ4n) is 3.53. The van der Waals surface area contributed by atoms with Crippen LogP contribution in [0.1, 0.15) is 39.2 Å². The van der Waals surface area contributed by atoms with Crippen molar-refractivity contribution in [3.8, 4) is 5.75 Å². The molecule has 0 aliphatic heterocycles. The molecule has 0 radical (unpaired) electrons. The largest absolute Gasteiger partial charge is 0.497 e. The first-order valence-corrected chi connectivity index (χ1v) is 13.2. The van der Waals surface area contributed by atoms with Crippen molar-refractivity contribution in [2.75, 3.05) is 24.2 Å². The Labute approximate surface area is 207 Å². The number of carbonyl (C=O) groups is 2. The summed E-state index contributed by atoms with van der Waals surface area (Å²) < 4.78 is 44.4. The Kier molecular flexibility index (Phi) is 10.1. The van der Waals surface area contributed by atoms with Gasteiger partial charge in [0.1, 0.15) is 17.6 Å². The number of anilines is 1. The second-order valence-electron chi connectivity index (χ2n) is 8.62. The Bertz CT molecular complexity index is 1090. The molecule has 1 atom stereocenters. The van der Waals surface area contributed by atoms with Gasteiger partial charge >= 0.3 is 0 Å². The number of benzene rings is 2. The monoisotopic (exact) mass is 507 g/mol. The Morgan fingerprint density at radius 1 is 1.03 bits per heavy atom. The molecule has 0 spiro atoms. The van der Waals surface area contributed by atoms with Crippen molar-refractivity contribution < 1.29 is 27.1 Å². The van der Waals surface area contributed by atoms with Gasteiger partial charge in [-0.25, -0.2) is 12.8 Å². The van der Waals surface area contributed by atoms with E-state index in [-0.39, 0.29) is 43.8 Å². The molecule has 0 saturated carbocycles. The maximum Gasteiger partial charge on any atom is 0.242 e. The maximum atomic E-state index is 13.3. The molecule has 0 fully saturated rings. The lowest BCUT2D eigenvalue weighted by atomic mass is 10.1. The van der Waals surface area contributed by atoms with Crippen molar-refractivity contribution in [1.29, 1.82) is 0 Å². The van der Waals surface area contributed by atoms with E-state index >= 15 is 0 Å². The van der Waals surface area contributed by atoms with Crippen molar-refractivity contribution >= 4 is 27.5 Å². The molecule has 10 heteroatoms. The van der Waals surface area contributed by atoms with Crippen LogP contribution in [0.2, 0.25) is 0 Å². The zero-order chi connectivity index (χ0) is 26.2. The number of methoxy groups -OCH3 is 1. The van der Waals surface area contributed by atoms with Gasteiger partial charge in [0.2, 0.25) is 21.8 Å². The first kappa shape index (κ1) is 28.1. The van der Waals surface area contributed by atoms with E-state index in [1.165, 1.54) is 28.4 Å². The number of hydrogen-bond acceptors (Lipinski definition) is 5. The van der Waals surface area contributed by atoms with Crippen LogP contribution < -0.4 is 14.4 Å². The summed E-state index contributed by atoms with van der Waals surface area (Å²) in [5.74, 6) is -0.394. The lowest BCUT2D eigenvalue weighted by Gasteiger charge is -2.30. The summed E-state index contributed by atoms with van der Waals surface area (Å²) in [5.41, 5.74) is 1.15. The minimum Gasteiger partial charge on any atom is -0.497 e. The topological polar surface area (TPSA) is 96.0 Å². The first-order valence-electron chi connectivity index (χ1n) is 11.4. The van der Waals surface area contributed by atoms with Gasteiger partial charge in [0.25, 0.3) is 0 Å². The van der Waals surface area contributed by atoms with E-state index in [2.05, 4.69) is 5.32 Å². The van der Waals surface area contributed by atoms with E-state index in [4.69, 9.17) is 4.74 Å². The normalized spacial score (nSPS) is 12.2. The summed E-state index contributed by atoms with van der Waals surface area (Å²) >= 11 is 0. The smallest absolute Gasteiger partial charge is 0.242 e. The molecule has 0 bridgehead atoms. The molecule has 2 aromatic carbocycles. The van der Waals surface area contributed by atoms with Crippen molar-refractivity contribution in [3.05, 3.63) is 59.9 Å². The molecule has 0 aliphatic rings. The van der Waals surface area contributed by atoms with Gasteiger partial charge in [0.15, 0.2) is 0 Å². The van der Waals surface area contributed by atoms with Gasteiger partial charge < -0.3 is 15.0 Å². The third kappa shape index (κ3) is 8.54. The third-order valence-electron chi connectivity index (χ3n) is 5.38. The highest BCUT2D eigenvalue weighted by atomic mass is 32.2. The summed E-state index contributed by atoms with van der Waals surface area (Å²) in [7, 11) is -2.06. The SMILES string of the molecule is COc1ccc(N(CCCC(=O)N(Cc2ccc(F)cc2)C(C)C(=O)NC(C)C)S(C)(=O)=O)cc1. The Balaban J connectivity index is 2.15. The van der Waals surface area contributed by atoms with E-state index < -0.39 is 21.9 Å². The number of nitrogens with zero attached hydrogens (tertiary/aromatic N) is 2. The van der Waals surface area contributed by atoms with E-state index in [1.807, 2.05) is 13.8 Å². The molecule has 2 aromatic rings. The Hall–Kier alpha value is -3.14. The van der Waals surface area contributed by atoms with Crippen molar-refractivity contribution in [2.24, 2.45) is 0 Å². The Morgan fingerprint density at radius 2 is 1.63 bits per heavy atom. The van der Waals surface area contributed by atoms with Crippen LogP contribution in [-0.2, 0) is 26.2 Å². The number of sulfonamides is 1. The average Bonchev–Trinajstić information content (AvgIpc) is 2.79. The van der Waals surface area contributed by atoms with E-state index in [0.29, 0.717) is 17.0 Å². The second kappa shape index (κ2) is 12.5. The molecule has 1 unspecified atom stereocenters. The third-order valence-corrected chi connectivity index (χ3v) is 6.57. The van der Waals surface area contributed by atoms with E-state index in [1.54, 1.807) is 43.3 Å². The summed E-state index contributed by atoms with van der Waals surface area (Å²) in [6.45, 7) is 5.51. The molecular formula is C25H34FN3O5S. The number of ether oxygens (including phenoxy) is 1. The van der Waals surface area contributed by atoms with Crippen LogP contribution in [0.5, 0.6) is 5.75 Å². The molecule has 8 nitrogen and oxygen atoms in total. The van der Waals surface area contributed by atoms with Crippen LogP contribution >= 0.6 is 0 Å². The molecule has 192 valence electrons. The predicted molar refractivity (Wildman–Crippen MR) is 134 cm³/mol. The molecule has 0 saturated heterocycles. The van der Waals surface area contributed by atoms with Crippen LogP contribution in [0.15, 0.2) is 48.5 Å². The highest BCUT2D eigenvalue weighted by Crippen LogP contribution is 2.22. The van der Waals surface area contributed by atoms with Crippen molar-refractivity contribution in [1.82, 2.24) is 10.2 Å². The molecule has 1 N–H and O–H groups in total. The number of rotatable bonds is 12. The summed E-state index contributed by atoms with van der Waals surface area (Å²) in [6, 6.07) is 11.5. The summed E-state index contributed by atoms with van der Waals surface area (Å²) in [5, 5.41) is 2.81. The minimum absolute atomic E-state index is 0.0304. The molecule has 0 heterocycles. The second-order valence-corrected chi connectivity index (χ2v) is 10.5. The molecule has 0 aromatic heterocycles. The lowest BCUT2D eigenvalue weighted by Crippen LogP contribution is -2.49. The molecule has 2 rings (SSSR count). The van der Waals surface area contributed by atoms with E-state index in [9.17, 15) is 22.4 Å². The highest BCUT2D eigenvalue weighted by Gasteiger charge is 2.27.